The maximum Gasteiger partial charge on any atom is 0.223 e. The van der Waals surface area contributed by atoms with E-state index < -0.39 is 0 Å². The number of carbonyl (C=O) groups is 1. The molecule has 0 aromatic rings. The Morgan fingerprint density at radius 3 is 2.53 bits per heavy atom. The molecule has 0 bridgehead atoms. The molecule has 0 radical (unpaired) electrons. The van der Waals surface area contributed by atoms with Crippen molar-refractivity contribution in [2.45, 2.75) is 64.5 Å². The van der Waals surface area contributed by atoms with Gasteiger partial charge >= 0.3 is 0 Å². The topological polar surface area (TPSA) is 49.3 Å². The van der Waals surface area contributed by atoms with Crippen molar-refractivity contribution in [1.29, 1.82) is 0 Å². The monoisotopic (exact) mass is 213 g/mol. The fourth-order valence-electron chi connectivity index (χ4n) is 2.13. The first-order valence-corrected chi connectivity index (χ1v) is 6.12. The molecule has 0 aromatic heterocycles. The second-order valence-corrected chi connectivity index (χ2v) is 4.70. The van der Waals surface area contributed by atoms with E-state index in [0.717, 1.165) is 38.5 Å². The van der Waals surface area contributed by atoms with Gasteiger partial charge in [0.05, 0.1) is 6.10 Å². The first-order chi connectivity index (χ1) is 7.13. The number of nitrogens with one attached hydrogen (secondary N) is 1. The van der Waals surface area contributed by atoms with Crippen molar-refractivity contribution in [1.82, 2.24) is 5.32 Å². The Hall–Kier alpha value is -0.570. The molecule has 15 heavy (non-hydrogen) atoms. The molecule has 1 aliphatic carbocycles. The fourth-order valence-corrected chi connectivity index (χ4v) is 2.13. The van der Waals surface area contributed by atoms with Crippen LogP contribution in [0.2, 0.25) is 0 Å². The van der Waals surface area contributed by atoms with Gasteiger partial charge in [0.25, 0.3) is 0 Å². The number of hydrogen-bond donors (Lipinski definition) is 2. The minimum absolute atomic E-state index is 0.127. The first-order valence-electron chi connectivity index (χ1n) is 6.12. The van der Waals surface area contributed by atoms with Gasteiger partial charge in [-0.05, 0) is 32.1 Å². The molecule has 0 heterocycles. The average Bonchev–Trinajstić information content (AvgIpc) is 2.22. The van der Waals surface area contributed by atoms with E-state index in [4.69, 9.17) is 0 Å². The molecule has 0 spiro atoms. The maximum absolute atomic E-state index is 11.7. The zero-order valence-corrected chi connectivity index (χ0v) is 9.83. The Kier molecular flexibility index (Phi) is 5.09. The fraction of sp³-hybridized carbons (Fsp3) is 0.917. The van der Waals surface area contributed by atoms with E-state index in [0.29, 0.717) is 6.04 Å². The lowest BCUT2D eigenvalue weighted by Gasteiger charge is -2.27. The van der Waals surface area contributed by atoms with E-state index in [1.54, 1.807) is 0 Å². The Bertz CT molecular complexity index is 198. The quantitative estimate of drug-likeness (QED) is 0.748. The summed E-state index contributed by atoms with van der Waals surface area (Å²) in [7, 11) is 0. The molecule has 1 unspecified atom stereocenters. The summed E-state index contributed by atoms with van der Waals surface area (Å²) in [6.45, 7) is 4.08. The second kappa shape index (κ2) is 6.11. The van der Waals surface area contributed by atoms with Crippen LogP contribution in [0.25, 0.3) is 0 Å². The van der Waals surface area contributed by atoms with Crippen LogP contribution < -0.4 is 5.32 Å². The van der Waals surface area contributed by atoms with Crippen molar-refractivity contribution in [2.24, 2.45) is 5.92 Å². The molecule has 1 rings (SSSR count). The van der Waals surface area contributed by atoms with E-state index >= 15 is 0 Å². The van der Waals surface area contributed by atoms with Crippen molar-refractivity contribution in [3.63, 3.8) is 0 Å². The molecule has 1 atom stereocenters. The van der Waals surface area contributed by atoms with Gasteiger partial charge in [-0.15, -0.1) is 0 Å². The van der Waals surface area contributed by atoms with Crippen LogP contribution in [0, 0.1) is 5.92 Å². The highest BCUT2D eigenvalue weighted by Gasteiger charge is 2.22. The highest BCUT2D eigenvalue weighted by atomic mass is 16.3. The molecule has 1 saturated carbocycles. The largest absolute Gasteiger partial charge is 0.393 e. The molecule has 88 valence electrons. The van der Waals surface area contributed by atoms with Crippen LogP contribution >= 0.6 is 0 Å². The molecule has 0 aliphatic heterocycles. The average molecular weight is 213 g/mol. The highest BCUT2D eigenvalue weighted by molar-refractivity contribution is 5.78. The van der Waals surface area contributed by atoms with Gasteiger partial charge in [0.15, 0.2) is 0 Å². The third kappa shape index (κ3) is 4.20. The summed E-state index contributed by atoms with van der Waals surface area (Å²) in [5.41, 5.74) is 0. The summed E-state index contributed by atoms with van der Waals surface area (Å²) >= 11 is 0. The molecule has 1 aliphatic rings. The SMILES string of the molecule is CCCC(C)C(=O)NC1CCC(O)CC1. The summed E-state index contributed by atoms with van der Waals surface area (Å²) in [4.78, 5) is 11.7. The second-order valence-electron chi connectivity index (χ2n) is 4.70. The van der Waals surface area contributed by atoms with E-state index in [1.165, 1.54) is 0 Å². The van der Waals surface area contributed by atoms with Crippen molar-refractivity contribution < 1.29 is 9.90 Å². The number of aliphatic hydroxyl groups excluding tert-OH is 1. The van der Waals surface area contributed by atoms with Crippen LogP contribution in [0.3, 0.4) is 0 Å². The molecule has 0 saturated heterocycles. The third-order valence-electron chi connectivity index (χ3n) is 3.21. The lowest BCUT2D eigenvalue weighted by molar-refractivity contribution is -0.125. The van der Waals surface area contributed by atoms with E-state index in [2.05, 4.69) is 12.2 Å². The Morgan fingerprint density at radius 2 is 2.00 bits per heavy atom. The van der Waals surface area contributed by atoms with Crippen LogP contribution in [0.1, 0.15) is 52.4 Å². The van der Waals surface area contributed by atoms with E-state index in [-0.39, 0.29) is 17.9 Å². The van der Waals surface area contributed by atoms with Crippen molar-refractivity contribution in [3.8, 4) is 0 Å². The van der Waals surface area contributed by atoms with Crippen molar-refractivity contribution in [2.75, 3.05) is 0 Å². The summed E-state index contributed by atoms with van der Waals surface area (Å²) in [5, 5.41) is 12.4. The van der Waals surface area contributed by atoms with Gasteiger partial charge in [-0.2, -0.15) is 0 Å². The van der Waals surface area contributed by atoms with Crippen LogP contribution in [0.5, 0.6) is 0 Å². The van der Waals surface area contributed by atoms with Gasteiger partial charge in [0.2, 0.25) is 5.91 Å². The predicted molar refractivity (Wildman–Crippen MR) is 60.5 cm³/mol. The van der Waals surface area contributed by atoms with Crippen molar-refractivity contribution in [3.05, 3.63) is 0 Å². The summed E-state index contributed by atoms with van der Waals surface area (Å²) < 4.78 is 0. The molecule has 1 fully saturated rings. The molecular formula is C12H23NO2. The minimum Gasteiger partial charge on any atom is -0.393 e. The van der Waals surface area contributed by atoms with Gasteiger partial charge in [0, 0.05) is 12.0 Å². The summed E-state index contributed by atoms with van der Waals surface area (Å²) in [6.07, 6.45) is 5.36. The Balaban J connectivity index is 2.25. The number of rotatable bonds is 4. The van der Waals surface area contributed by atoms with Gasteiger partial charge in [0.1, 0.15) is 0 Å². The highest BCUT2D eigenvalue weighted by Crippen LogP contribution is 2.19. The normalized spacial score (nSPS) is 28.5. The lowest BCUT2D eigenvalue weighted by Crippen LogP contribution is -2.41. The maximum atomic E-state index is 11.7. The number of carbonyl (C=O) groups excluding carboxylic acids is 1. The summed E-state index contributed by atoms with van der Waals surface area (Å²) in [6, 6.07) is 0.292. The molecule has 2 N–H and O–H groups in total. The zero-order chi connectivity index (χ0) is 11.3. The number of aliphatic hydroxyl groups is 1. The molecular weight excluding hydrogens is 190 g/mol. The van der Waals surface area contributed by atoms with E-state index in [9.17, 15) is 9.90 Å². The van der Waals surface area contributed by atoms with Crippen LogP contribution in [0.15, 0.2) is 0 Å². The third-order valence-corrected chi connectivity index (χ3v) is 3.21. The molecule has 3 nitrogen and oxygen atoms in total. The van der Waals surface area contributed by atoms with Gasteiger partial charge in [-0.25, -0.2) is 0 Å². The molecule has 1 amide bonds. The first kappa shape index (κ1) is 12.5. The van der Waals surface area contributed by atoms with E-state index in [1.807, 2.05) is 6.92 Å². The Labute approximate surface area is 92.3 Å². The van der Waals surface area contributed by atoms with Crippen LogP contribution in [-0.4, -0.2) is 23.2 Å². The smallest absolute Gasteiger partial charge is 0.223 e. The molecule has 0 aromatic carbocycles. The lowest BCUT2D eigenvalue weighted by atomic mass is 9.92. The number of amides is 1. The van der Waals surface area contributed by atoms with Gasteiger partial charge < -0.3 is 10.4 Å². The minimum atomic E-state index is -0.147. The van der Waals surface area contributed by atoms with Crippen molar-refractivity contribution >= 4 is 5.91 Å². The van der Waals surface area contributed by atoms with Crippen LogP contribution in [0.4, 0.5) is 0 Å². The van der Waals surface area contributed by atoms with Crippen LogP contribution in [-0.2, 0) is 4.79 Å². The standard InChI is InChI=1S/C12H23NO2/c1-3-4-9(2)12(15)13-10-5-7-11(14)8-6-10/h9-11,14H,3-8H2,1-2H3,(H,13,15). The van der Waals surface area contributed by atoms with Gasteiger partial charge in [-0.3, -0.25) is 4.79 Å². The Morgan fingerprint density at radius 1 is 1.40 bits per heavy atom. The summed E-state index contributed by atoms with van der Waals surface area (Å²) in [5.74, 6) is 0.306. The molecule has 3 heteroatoms. The zero-order valence-electron chi connectivity index (χ0n) is 9.83. The van der Waals surface area contributed by atoms with Gasteiger partial charge in [-0.1, -0.05) is 20.3 Å². The number of hydrogen-bond acceptors (Lipinski definition) is 2. The predicted octanol–water partition coefficient (Wildman–Crippen LogP) is 1.84.